The Labute approximate surface area is 161 Å². The average Bonchev–Trinajstić information content (AvgIpc) is 2.69. The Kier molecular flexibility index (Phi) is 6.64. The van der Waals surface area contributed by atoms with Crippen LogP contribution < -0.4 is 5.32 Å². The Morgan fingerprint density at radius 3 is 2.33 bits per heavy atom. The molecule has 0 radical (unpaired) electrons. The van der Waals surface area contributed by atoms with Crippen molar-refractivity contribution in [3.63, 3.8) is 0 Å². The van der Waals surface area contributed by atoms with E-state index in [4.69, 9.17) is 0 Å². The molecule has 0 aliphatic heterocycles. The van der Waals surface area contributed by atoms with Gasteiger partial charge in [-0.05, 0) is 49.8 Å². The van der Waals surface area contributed by atoms with Crippen LogP contribution in [0, 0.1) is 0 Å². The number of hydrogen-bond donors (Lipinski definition) is 1. The number of carbonyl (C=O) groups is 2. The van der Waals surface area contributed by atoms with E-state index in [1.807, 2.05) is 53.4 Å². The number of benzene rings is 2. The van der Waals surface area contributed by atoms with E-state index >= 15 is 0 Å². The van der Waals surface area contributed by atoms with Gasteiger partial charge in [0.1, 0.15) is 0 Å². The van der Waals surface area contributed by atoms with Crippen molar-refractivity contribution < 1.29 is 9.59 Å². The van der Waals surface area contributed by atoms with Crippen molar-refractivity contribution in [1.82, 2.24) is 10.2 Å². The first-order chi connectivity index (χ1) is 13.1. The predicted molar refractivity (Wildman–Crippen MR) is 107 cm³/mol. The predicted octanol–water partition coefficient (Wildman–Crippen LogP) is 3.82. The van der Waals surface area contributed by atoms with E-state index < -0.39 is 0 Å². The summed E-state index contributed by atoms with van der Waals surface area (Å²) in [6.07, 6.45) is 4.67. The summed E-state index contributed by atoms with van der Waals surface area (Å²) in [6, 6.07) is 20.1. The van der Waals surface area contributed by atoms with Crippen LogP contribution in [0.25, 0.3) is 0 Å². The fourth-order valence-electron chi connectivity index (χ4n) is 3.96. The highest BCUT2D eigenvalue weighted by molar-refractivity contribution is 5.94. The lowest BCUT2D eigenvalue weighted by molar-refractivity contribution is -0.119. The molecule has 1 N–H and O–H groups in total. The first-order valence-electron chi connectivity index (χ1n) is 9.80. The van der Waals surface area contributed by atoms with Gasteiger partial charge in [-0.25, -0.2) is 0 Å². The fourth-order valence-corrected chi connectivity index (χ4v) is 3.96. The highest BCUT2D eigenvalue weighted by atomic mass is 16.2. The van der Waals surface area contributed by atoms with E-state index in [9.17, 15) is 9.59 Å². The Morgan fingerprint density at radius 1 is 1.00 bits per heavy atom. The topological polar surface area (TPSA) is 49.4 Å². The first kappa shape index (κ1) is 19.2. The summed E-state index contributed by atoms with van der Waals surface area (Å²) in [5.41, 5.74) is 1.96. The summed E-state index contributed by atoms with van der Waals surface area (Å²) in [5, 5.41) is 3.04. The van der Waals surface area contributed by atoms with Gasteiger partial charge in [0.2, 0.25) is 5.91 Å². The molecular weight excluding hydrogens is 336 g/mol. The lowest BCUT2D eigenvalue weighted by atomic mass is 9.89. The summed E-state index contributed by atoms with van der Waals surface area (Å²) in [7, 11) is 0. The van der Waals surface area contributed by atoms with Gasteiger partial charge in [0.25, 0.3) is 5.91 Å². The monoisotopic (exact) mass is 364 g/mol. The van der Waals surface area contributed by atoms with Gasteiger partial charge in [-0.1, -0.05) is 48.5 Å². The molecule has 2 aromatic carbocycles. The number of hydrogen-bond acceptors (Lipinski definition) is 2. The Bertz CT molecular complexity index is 745. The zero-order chi connectivity index (χ0) is 19.1. The third-order valence-electron chi connectivity index (χ3n) is 5.26. The lowest BCUT2D eigenvalue weighted by Crippen LogP contribution is -2.48. The number of amides is 2. The van der Waals surface area contributed by atoms with Gasteiger partial charge in [0.15, 0.2) is 0 Å². The van der Waals surface area contributed by atoms with Crippen molar-refractivity contribution in [3.8, 4) is 0 Å². The molecule has 142 valence electrons. The largest absolute Gasteiger partial charge is 0.354 e. The van der Waals surface area contributed by atoms with Crippen LogP contribution in [-0.2, 0) is 11.2 Å². The van der Waals surface area contributed by atoms with Gasteiger partial charge in [0.05, 0.1) is 0 Å². The van der Waals surface area contributed by atoms with Crippen LogP contribution in [0.2, 0.25) is 0 Å². The van der Waals surface area contributed by atoms with Gasteiger partial charge in [-0.15, -0.1) is 0 Å². The summed E-state index contributed by atoms with van der Waals surface area (Å²) in [4.78, 5) is 26.7. The van der Waals surface area contributed by atoms with E-state index in [1.54, 1.807) is 6.92 Å². The Balaban J connectivity index is 1.76. The molecule has 0 saturated heterocycles. The van der Waals surface area contributed by atoms with Crippen molar-refractivity contribution in [2.24, 2.45) is 0 Å². The molecular formula is C23H28N2O2. The van der Waals surface area contributed by atoms with Crippen molar-refractivity contribution in [1.29, 1.82) is 0 Å². The van der Waals surface area contributed by atoms with E-state index in [0.717, 1.165) is 37.7 Å². The van der Waals surface area contributed by atoms with E-state index in [-0.39, 0.29) is 23.9 Å². The van der Waals surface area contributed by atoms with Crippen LogP contribution in [-0.4, -0.2) is 35.3 Å². The SMILES string of the molecule is CC(=O)N[C@@H]1CCC[C@H](N(CCc2ccccc2)C(=O)c2ccccc2)C1. The highest BCUT2D eigenvalue weighted by Gasteiger charge is 2.30. The van der Waals surface area contributed by atoms with Crippen molar-refractivity contribution >= 4 is 11.8 Å². The fraction of sp³-hybridized carbons (Fsp3) is 0.391. The lowest BCUT2D eigenvalue weighted by Gasteiger charge is -2.38. The maximum Gasteiger partial charge on any atom is 0.254 e. The van der Waals surface area contributed by atoms with E-state index in [0.29, 0.717) is 6.54 Å². The quantitative estimate of drug-likeness (QED) is 0.847. The highest BCUT2D eigenvalue weighted by Crippen LogP contribution is 2.25. The van der Waals surface area contributed by atoms with E-state index in [1.165, 1.54) is 5.56 Å². The molecule has 2 atom stereocenters. The maximum atomic E-state index is 13.2. The summed E-state index contributed by atoms with van der Waals surface area (Å²) in [6.45, 7) is 2.25. The van der Waals surface area contributed by atoms with Crippen LogP contribution in [0.15, 0.2) is 60.7 Å². The normalized spacial score (nSPS) is 19.3. The van der Waals surface area contributed by atoms with E-state index in [2.05, 4.69) is 17.4 Å². The zero-order valence-corrected chi connectivity index (χ0v) is 15.9. The first-order valence-corrected chi connectivity index (χ1v) is 9.80. The second kappa shape index (κ2) is 9.36. The molecule has 1 fully saturated rings. The molecule has 2 aromatic rings. The number of nitrogens with one attached hydrogen (secondary N) is 1. The average molecular weight is 364 g/mol. The summed E-state index contributed by atoms with van der Waals surface area (Å²) >= 11 is 0. The standard InChI is InChI=1S/C23H28N2O2/c1-18(26)24-21-13-8-14-22(17-21)25(16-15-19-9-4-2-5-10-19)23(27)20-11-6-3-7-12-20/h2-7,9-12,21-22H,8,13-17H2,1H3,(H,24,26)/t21-,22+/m1/s1. The van der Waals surface area contributed by atoms with Crippen LogP contribution in [0.1, 0.15) is 48.5 Å². The smallest absolute Gasteiger partial charge is 0.254 e. The minimum Gasteiger partial charge on any atom is -0.354 e. The Morgan fingerprint density at radius 2 is 1.67 bits per heavy atom. The molecule has 1 aliphatic carbocycles. The molecule has 4 heteroatoms. The van der Waals surface area contributed by atoms with Crippen LogP contribution in [0.3, 0.4) is 0 Å². The molecule has 0 bridgehead atoms. The van der Waals surface area contributed by atoms with Gasteiger partial charge < -0.3 is 10.2 Å². The molecule has 27 heavy (non-hydrogen) atoms. The number of rotatable bonds is 6. The van der Waals surface area contributed by atoms with Gasteiger partial charge in [-0.3, -0.25) is 9.59 Å². The Hall–Kier alpha value is -2.62. The van der Waals surface area contributed by atoms with Gasteiger partial charge in [0, 0.05) is 31.1 Å². The molecule has 0 heterocycles. The zero-order valence-electron chi connectivity index (χ0n) is 15.9. The minimum absolute atomic E-state index is 0.00544. The molecule has 0 aromatic heterocycles. The van der Waals surface area contributed by atoms with Crippen molar-refractivity contribution in [2.75, 3.05) is 6.54 Å². The summed E-state index contributed by atoms with van der Waals surface area (Å²) in [5.74, 6) is 0.0888. The molecule has 0 spiro atoms. The van der Waals surface area contributed by atoms with Crippen LogP contribution in [0.4, 0.5) is 0 Å². The molecule has 0 unspecified atom stereocenters. The molecule has 1 aliphatic rings. The number of carbonyl (C=O) groups excluding carboxylic acids is 2. The molecule has 2 amide bonds. The van der Waals surface area contributed by atoms with Crippen LogP contribution >= 0.6 is 0 Å². The molecule has 1 saturated carbocycles. The van der Waals surface area contributed by atoms with Gasteiger partial charge >= 0.3 is 0 Å². The van der Waals surface area contributed by atoms with Crippen molar-refractivity contribution in [3.05, 3.63) is 71.8 Å². The number of nitrogens with zero attached hydrogens (tertiary/aromatic N) is 1. The van der Waals surface area contributed by atoms with Crippen molar-refractivity contribution in [2.45, 2.75) is 51.1 Å². The third-order valence-corrected chi connectivity index (χ3v) is 5.26. The second-order valence-electron chi connectivity index (χ2n) is 7.32. The third kappa shape index (κ3) is 5.43. The minimum atomic E-state index is 0.00544. The second-order valence-corrected chi connectivity index (χ2v) is 7.32. The van der Waals surface area contributed by atoms with Gasteiger partial charge in [-0.2, -0.15) is 0 Å². The maximum absolute atomic E-state index is 13.2. The summed E-state index contributed by atoms with van der Waals surface area (Å²) < 4.78 is 0. The molecule has 4 nitrogen and oxygen atoms in total. The molecule has 3 rings (SSSR count). The van der Waals surface area contributed by atoms with Crippen LogP contribution in [0.5, 0.6) is 0 Å².